The number of hydrogen-bond acceptors (Lipinski definition) is 5. The molecule has 18 heavy (non-hydrogen) atoms. The molecule has 0 aliphatic carbocycles. The molecule has 0 aliphatic rings. The second-order valence-electron chi connectivity index (χ2n) is 2.69. The molecule has 0 unspecified atom stereocenters. The highest BCUT2D eigenvalue weighted by Crippen LogP contribution is 2.00. The summed E-state index contributed by atoms with van der Waals surface area (Å²) in [5.41, 5.74) is 11.0. The van der Waals surface area contributed by atoms with Crippen molar-refractivity contribution < 1.29 is 10.3 Å². The molecule has 1 aromatic rings. The molecule has 0 spiro atoms. The molecule has 0 fully saturated rings. The van der Waals surface area contributed by atoms with Crippen LogP contribution in [0, 0.1) is 21.4 Å². The van der Waals surface area contributed by atoms with E-state index in [0.717, 1.165) is 0 Å². The van der Waals surface area contributed by atoms with Gasteiger partial charge in [0.15, 0.2) is 5.71 Å². The number of nitrogens with zero attached hydrogens (tertiary/aromatic N) is 4. The summed E-state index contributed by atoms with van der Waals surface area (Å²) in [5.74, 6) is -0.173. The van der Waals surface area contributed by atoms with Crippen LogP contribution in [0.1, 0.15) is 5.56 Å². The molecule has 0 saturated carbocycles. The second kappa shape index (κ2) is 8.05. The molecule has 1 rings (SSSR count). The van der Waals surface area contributed by atoms with Crippen LogP contribution in [0.15, 0.2) is 40.5 Å². The number of benzene rings is 1. The first kappa shape index (κ1) is 14.8. The Bertz CT molecular complexity index is 483. The molecule has 0 atom stereocenters. The Kier molecular flexibility index (Phi) is 6.65. The van der Waals surface area contributed by atoms with Crippen LogP contribution in [-0.2, 0) is 0 Å². The van der Waals surface area contributed by atoms with Gasteiger partial charge < -0.3 is 16.7 Å². The SMILES string of the molecule is N#C/C(=N\N=C(N)N)c1ccccc1.O=[N+]([O-])O. The van der Waals surface area contributed by atoms with E-state index in [1.54, 1.807) is 24.3 Å². The lowest BCUT2D eigenvalue weighted by atomic mass is 10.1. The van der Waals surface area contributed by atoms with Gasteiger partial charge in [0.2, 0.25) is 5.96 Å². The Morgan fingerprint density at radius 1 is 1.33 bits per heavy atom. The van der Waals surface area contributed by atoms with E-state index in [2.05, 4.69) is 10.2 Å². The summed E-state index contributed by atoms with van der Waals surface area (Å²) in [6.45, 7) is 0. The Morgan fingerprint density at radius 3 is 2.22 bits per heavy atom. The van der Waals surface area contributed by atoms with E-state index in [-0.39, 0.29) is 11.7 Å². The standard InChI is InChI=1S/C9H9N5.HNO3/c10-6-8(13-14-9(11)12)7-4-2-1-3-5-7;2-1(3)4/h1-5H,(H4,11,12,14);(H,2,3,4)/b13-8+;. The molecule has 9 nitrogen and oxygen atoms in total. The Labute approximate surface area is 102 Å². The van der Waals surface area contributed by atoms with Crippen molar-refractivity contribution in [2.24, 2.45) is 21.7 Å². The number of nitrogens with two attached hydrogens (primary N) is 2. The van der Waals surface area contributed by atoms with Crippen molar-refractivity contribution in [2.45, 2.75) is 0 Å². The van der Waals surface area contributed by atoms with Gasteiger partial charge in [-0.25, -0.2) is 0 Å². The summed E-state index contributed by atoms with van der Waals surface area (Å²) in [7, 11) is 0. The molecular formula is C9H10N6O3. The highest BCUT2D eigenvalue weighted by atomic mass is 16.9. The van der Waals surface area contributed by atoms with Crippen LogP contribution in [0.5, 0.6) is 0 Å². The average molecular weight is 250 g/mol. The van der Waals surface area contributed by atoms with Crippen molar-refractivity contribution in [3.63, 3.8) is 0 Å². The number of rotatable bonds is 2. The fourth-order valence-corrected chi connectivity index (χ4v) is 0.848. The third-order valence-electron chi connectivity index (χ3n) is 1.42. The van der Waals surface area contributed by atoms with Gasteiger partial charge in [-0.2, -0.15) is 5.26 Å². The summed E-state index contributed by atoms with van der Waals surface area (Å²) < 4.78 is 0. The first-order valence-electron chi connectivity index (χ1n) is 4.42. The molecule has 0 saturated heterocycles. The first-order chi connectivity index (χ1) is 8.47. The maximum atomic E-state index is 8.76. The van der Waals surface area contributed by atoms with Gasteiger partial charge in [-0.3, -0.25) is 0 Å². The normalized spacial score (nSPS) is 9.39. The van der Waals surface area contributed by atoms with Gasteiger partial charge in [0, 0.05) is 5.56 Å². The van der Waals surface area contributed by atoms with Crippen molar-refractivity contribution >= 4 is 11.7 Å². The molecule has 0 heterocycles. The fraction of sp³-hybridized carbons (Fsp3) is 0. The minimum absolute atomic E-state index is 0.173. The third kappa shape index (κ3) is 7.18. The number of nitriles is 1. The quantitative estimate of drug-likeness (QED) is 0.285. The summed E-state index contributed by atoms with van der Waals surface area (Å²) >= 11 is 0. The molecule has 0 aliphatic heterocycles. The molecular weight excluding hydrogens is 240 g/mol. The van der Waals surface area contributed by atoms with Gasteiger partial charge in [0.1, 0.15) is 6.07 Å². The number of guanidine groups is 1. The zero-order valence-electron chi connectivity index (χ0n) is 9.09. The highest BCUT2D eigenvalue weighted by Gasteiger charge is 1.99. The molecule has 94 valence electrons. The van der Waals surface area contributed by atoms with Gasteiger partial charge in [-0.15, -0.1) is 20.3 Å². The Morgan fingerprint density at radius 2 is 1.83 bits per heavy atom. The topological polar surface area (TPSA) is 164 Å². The lowest BCUT2D eigenvalue weighted by molar-refractivity contribution is -0.742. The van der Waals surface area contributed by atoms with E-state index in [1.807, 2.05) is 12.1 Å². The van der Waals surface area contributed by atoms with Crippen molar-refractivity contribution in [3.05, 3.63) is 46.0 Å². The summed E-state index contributed by atoms with van der Waals surface area (Å²) in [6, 6.07) is 10.9. The van der Waals surface area contributed by atoms with Gasteiger partial charge in [-0.05, 0) is 0 Å². The van der Waals surface area contributed by atoms with Crippen LogP contribution in [0.25, 0.3) is 0 Å². The molecule has 0 radical (unpaired) electrons. The smallest absolute Gasteiger partial charge is 0.291 e. The van der Waals surface area contributed by atoms with Crippen molar-refractivity contribution in [3.8, 4) is 6.07 Å². The van der Waals surface area contributed by atoms with E-state index in [1.165, 1.54) is 0 Å². The van der Waals surface area contributed by atoms with Crippen LogP contribution in [0.4, 0.5) is 0 Å². The predicted octanol–water partition coefficient (Wildman–Crippen LogP) is -0.160. The highest BCUT2D eigenvalue weighted by molar-refractivity contribution is 6.11. The van der Waals surface area contributed by atoms with Gasteiger partial charge in [0.05, 0.1) is 0 Å². The molecule has 1 aromatic carbocycles. The minimum Gasteiger partial charge on any atom is -0.369 e. The Hall–Kier alpha value is -3.15. The van der Waals surface area contributed by atoms with Crippen LogP contribution in [0.3, 0.4) is 0 Å². The first-order valence-corrected chi connectivity index (χ1v) is 4.42. The van der Waals surface area contributed by atoms with Crippen LogP contribution < -0.4 is 11.5 Å². The van der Waals surface area contributed by atoms with Gasteiger partial charge in [0.25, 0.3) is 5.09 Å². The van der Waals surface area contributed by atoms with Crippen molar-refractivity contribution in [2.75, 3.05) is 0 Å². The maximum Gasteiger partial charge on any atom is 0.291 e. The zero-order valence-corrected chi connectivity index (χ0v) is 9.09. The summed E-state index contributed by atoms with van der Waals surface area (Å²) in [5, 5.41) is 29.4. The maximum absolute atomic E-state index is 8.76. The summed E-state index contributed by atoms with van der Waals surface area (Å²) in [6.07, 6.45) is 0. The zero-order chi connectivity index (χ0) is 14.0. The average Bonchev–Trinajstić information content (AvgIpc) is 2.30. The largest absolute Gasteiger partial charge is 0.369 e. The Balaban J connectivity index is 0.000000631. The van der Waals surface area contributed by atoms with E-state index >= 15 is 0 Å². The minimum atomic E-state index is -1.50. The van der Waals surface area contributed by atoms with E-state index in [4.69, 9.17) is 32.1 Å². The lowest BCUT2D eigenvalue weighted by Crippen LogP contribution is -2.22. The third-order valence-corrected chi connectivity index (χ3v) is 1.42. The summed E-state index contributed by atoms with van der Waals surface area (Å²) in [4.78, 5) is 8.36. The number of hydrogen-bond donors (Lipinski definition) is 3. The van der Waals surface area contributed by atoms with Crippen LogP contribution in [0.2, 0.25) is 0 Å². The molecule has 0 aromatic heterocycles. The second-order valence-corrected chi connectivity index (χ2v) is 2.69. The predicted molar refractivity (Wildman–Crippen MR) is 63.2 cm³/mol. The van der Waals surface area contributed by atoms with E-state index in [0.29, 0.717) is 5.56 Å². The van der Waals surface area contributed by atoms with Gasteiger partial charge >= 0.3 is 0 Å². The van der Waals surface area contributed by atoms with Crippen molar-refractivity contribution in [1.82, 2.24) is 0 Å². The van der Waals surface area contributed by atoms with Crippen molar-refractivity contribution in [1.29, 1.82) is 5.26 Å². The fourth-order valence-electron chi connectivity index (χ4n) is 0.848. The molecule has 0 amide bonds. The van der Waals surface area contributed by atoms with Crippen LogP contribution in [-0.4, -0.2) is 22.0 Å². The van der Waals surface area contributed by atoms with Gasteiger partial charge in [-0.1, -0.05) is 30.3 Å². The van der Waals surface area contributed by atoms with Crippen LogP contribution >= 0.6 is 0 Å². The monoisotopic (exact) mass is 250 g/mol. The van der Waals surface area contributed by atoms with E-state index in [9.17, 15) is 0 Å². The molecule has 9 heteroatoms. The molecule has 5 N–H and O–H groups in total. The molecule has 0 bridgehead atoms. The lowest BCUT2D eigenvalue weighted by Gasteiger charge is -1.94. The van der Waals surface area contributed by atoms with E-state index < -0.39 is 5.09 Å².